The highest BCUT2D eigenvalue weighted by Gasteiger charge is 2.36. The minimum absolute atomic E-state index is 0.183. The number of carboxylic acids is 1. The number of aliphatic carboxylic acids is 1. The van der Waals surface area contributed by atoms with Crippen LogP contribution in [0.5, 0.6) is 5.75 Å². The maximum Gasteiger partial charge on any atom is 0.306 e. The van der Waals surface area contributed by atoms with E-state index in [2.05, 4.69) is 0 Å². The smallest absolute Gasteiger partial charge is 0.306 e. The molecule has 1 fully saturated rings. The van der Waals surface area contributed by atoms with Crippen molar-refractivity contribution in [3.8, 4) is 5.75 Å². The van der Waals surface area contributed by atoms with Gasteiger partial charge < -0.3 is 24.4 Å². The van der Waals surface area contributed by atoms with Crippen molar-refractivity contribution in [2.75, 3.05) is 31.7 Å². The third-order valence-electron chi connectivity index (χ3n) is 7.59. The van der Waals surface area contributed by atoms with E-state index < -0.39 is 18.0 Å². The number of anilines is 1. The molecular weight excluding hydrogens is 532 g/mol. The average molecular weight is 571 g/mol. The van der Waals surface area contributed by atoms with Gasteiger partial charge in [-0.05, 0) is 48.9 Å². The van der Waals surface area contributed by atoms with Gasteiger partial charge in [0.2, 0.25) is 11.8 Å². The summed E-state index contributed by atoms with van der Waals surface area (Å²) >= 11 is 6.51. The van der Waals surface area contributed by atoms with Gasteiger partial charge in [-0.25, -0.2) is 0 Å². The van der Waals surface area contributed by atoms with Gasteiger partial charge >= 0.3 is 5.97 Å². The number of methoxy groups -OCH3 is 1. The van der Waals surface area contributed by atoms with E-state index in [1.165, 1.54) is 0 Å². The monoisotopic (exact) mass is 570 g/mol. The summed E-state index contributed by atoms with van der Waals surface area (Å²) in [6.07, 6.45) is 1.42. The Morgan fingerprint density at radius 3 is 2.55 bits per heavy atom. The summed E-state index contributed by atoms with van der Waals surface area (Å²) in [6.45, 7) is 6.91. The third kappa shape index (κ3) is 6.96. The van der Waals surface area contributed by atoms with Crippen LogP contribution in [0.2, 0.25) is 5.02 Å². The lowest BCUT2D eigenvalue weighted by Crippen LogP contribution is -2.47. The van der Waals surface area contributed by atoms with Gasteiger partial charge in [-0.15, -0.1) is 0 Å². The van der Waals surface area contributed by atoms with Crippen molar-refractivity contribution in [3.63, 3.8) is 0 Å². The van der Waals surface area contributed by atoms with Crippen LogP contribution < -0.4 is 9.64 Å². The van der Waals surface area contributed by atoms with Gasteiger partial charge in [-0.2, -0.15) is 0 Å². The first kappa shape index (κ1) is 29.9. The summed E-state index contributed by atoms with van der Waals surface area (Å²) in [4.78, 5) is 42.7. The molecule has 2 aliphatic rings. The molecule has 2 amide bonds. The molecule has 9 heteroatoms. The molecule has 1 aliphatic carbocycles. The lowest BCUT2D eigenvalue weighted by molar-refractivity contribution is -0.146. The zero-order valence-corrected chi connectivity index (χ0v) is 24.4. The minimum Gasteiger partial charge on any atom is -0.496 e. The molecule has 0 spiro atoms. The molecule has 1 aliphatic heterocycles. The van der Waals surface area contributed by atoms with E-state index in [0.29, 0.717) is 54.3 Å². The Bertz CT molecular complexity index is 1240. The standard InChI is InChI=1S/C31H39ClN2O6/c1-31(2,3)19-34-25-13-12-21(32)17-24(25)29(23-10-5-6-11-26(23)39-4)40-15-14-33(27(35)18-28(34)36)22-9-7-8-20(16-22)30(37)38/h5-6,10-13,17,20,22,29H,7-9,14-16,18-19H2,1-4H3,(H,37,38)/t20-,22-,29?/m0/s1. The Balaban J connectivity index is 1.82. The summed E-state index contributed by atoms with van der Waals surface area (Å²) in [6, 6.07) is 12.7. The zero-order chi connectivity index (χ0) is 29.0. The van der Waals surface area contributed by atoms with Gasteiger partial charge in [0, 0.05) is 41.0 Å². The van der Waals surface area contributed by atoms with E-state index in [1.807, 2.05) is 57.2 Å². The van der Waals surface area contributed by atoms with E-state index in [1.54, 1.807) is 23.0 Å². The van der Waals surface area contributed by atoms with Crippen LogP contribution in [0, 0.1) is 11.3 Å². The van der Waals surface area contributed by atoms with Gasteiger partial charge in [0.05, 0.1) is 19.6 Å². The second-order valence-electron chi connectivity index (χ2n) is 11.9. The summed E-state index contributed by atoms with van der Waals surface area (Å²) in [5.41, 5.74) is 1.84. The third-order valence-corrected chi connectivity index (χ3v) is 7.83. The lowest BCUT2D eigenvalue weighted by atomic mass is 9.85. The number of carbonyl (C=O) groups is 3. The number of benzene rings is 2. The number of amides is 2. The fourth-order valence-electron chi connectivity index (χ4n) is 5.77. The Kier molecular flexibility index (Phi) is 9.41. The normalized spacial score (nSPS) is 22.9. The maximum absolute atomic E-state index is 13.9. The molecule has 4 rings (SSSR count). The highest BCUT2D eigenvalue weighted by molar-refractivity contribution is 6.30. The van der Waals surface area contributed by atoms with Crippen LogP contribution in [0.1, 0.15) is 70.1 Å². The Morgan fingerprint density at radius 2 is 1.85 bits per heavy atom. The Hall–Kier alpha value is -3.10. The van der Waals surface area contributed by atoms with Gasteiger partial charge in [-0.1, -0.05) is 57.0 Å². The predicted molar refractivity (Wildman–Crippen MR) is 154 cm³/mol. The van der Waals surface area contributed by atoms with E-state index in [9.17, 15) is 19.5 Å². The van der Waals surface area contributed by atoms with E-state index >= 15 is 0 Å². The first-order valence-corrected chi connectivity index (χ1v) is 14.2. The molecule has 40 heavy (non-hydrogen) atoms. The van der Waals surface area contributed by atoms with Crippen molar-refractivity contribution < 1.29 is 29.0 Å². The maximum atomic E-state index is 13.9. The molecule has 0 radical (unpaired) electrons. The number of hydrogen-bond donors (Lipinski definition) is 1. The topological polar surface area (TPSA) is 96.4 Å². The summed E-state index contributed by atoms with van der Waals surface area (Å²) in [5.74, 6) is -1.35. The summed E-state index contributed by atoms with van der Waals surface area (Å²) in [5, 5.41) is 10.1. The highest BCUT2D eigenvalue weighted by atomic mass is 35.5. The van der Waals surface area contributed by atoms with Crippen LogP contribution in [0.4, 0.5) is 5.69 Å². The Morgan fingerprint density at radius 1 is 1.10 bits per heavy atom. The molecule has 1 heterocycles. The average Bonchev–Trinajstić information content (AvgIpc) is 2.92. The van der Waals surface area contributed by atoms with Gasteiger partial charge in [-0.3, -0.25) is 14.4 Å². The molecule has 1 N–H and O–H groups in total. The fraction of sp³-hybridized carbons (Fsp3) is 0.516. The minimum atomic E-state index is -0.845. The molecule has 0 aromatic heterocycles. The van der Waals surface area contributed by atoms with Crippen LogP contribution in [0.3, 0.4) is 0 Å². The number of nitrogens with zero attached hydrogens (tertiary/aromatic N) is 2. The number of hydrogen-bond acceptors (Lipinski definition) is 5. The van der Waals surface area contributed by atoms with Crippen LogP contribution in [0.25, 0.3) is 0 Å². The van der Waals surface area contributed by atoms with E-state index in [4.69, 9.17) is 21.1 Å². The molecule has 2 aromatic carbocycles. The zero-order valence-electron chi connectivity index (χ0n) is 23.7. The SMILES string of the molecule is COc1ccccc1C1OCCN([C@H]2CCC[C@H](C(=O)O)C2)C(=O)CC(=O)N(CC(C)(C)C)c2ccc(Cl)cc21. The summed E-state index contributed by atoms with van der Waals surface area (Å²) in [7, 11) is 1.60. The molecule has 216 valence electrons. The van der Waals surface area contributed by atoms with Crippen LogP contribution in [-0.2, 0) is 19.1 Å². The number of carboxylic acid groups (broad SMARTS) is 1. The number of carbonyl (C=O) groups excluding carboxylic acids is 2. The first-order valence-electron chi connectivity index (χ1n) is 13.8. The molecule has 1 unspecified atom stereocenters. The molecule has 8 nitrogen and oxygen atoms in total. The van der Waals surface area contributed by atoms with Crippen LogP contribution in [0.15, 0.2) is 42.5 Å². The van der Waals surface area contributed by atoms with Crippen molar-refractivity contribution in [3.05, 3.63) is 58.6 Å². The van der Waals surface area contributed by atoms with E-state index in [-0.39, 0.29) is 42.8 Å². The van der Waals surface area contributed by atoms with Crippen molar-refractivity contribution in [2.24, 2.45) is 11.3 Å². The van der Waals surface area contributed by atoms with E-state index in [0.717, 1.165) is 5.56 Å². The van der Waals surface area contributed by atoms with Crippen molar-refractivity contribution >= 4 is 35.1 Å². The number of fused-ring (bicyclic) bond motifs is 1. The lowest BCUT2D eigenvalue weighted by Gasteiger charge is -2.37. The van der Waals surface area contributed by atoms with Gasteiger partial charge in [0.25, 0.3) is 0 Å². The second kappa shape index (κ2) is 12.6. The van der Waals surface area contributed by atoms with Gasteiger partial charge in [0.15, 0.2) is 0 Å². The second-order valence-corrected chi connectivity index (χ2v) is 12.3. The fourth-order valence-corrected chi connectivity index (χ4v) is 5.95. The van der Waals surface area contributed by atoms with Crippen molar-refractivity contribution in [1.29, 1.82) is 0 Å². The molecule has 0 saturated heterocycles. The quantitative estimate of drug-likeness (QED) is 0.463. The number of para-hydroxylation sites is 1. The largest absolute Gasteiger partial charge is 0.496 e. The molecule has 3 atom stereocenters. The number of rotatable bonds is 5. The molecule has 0 bridgehead atoms. The van der Waals surface area contributed by atoms with Gasteiger partial charge in [0.1, 0.15) is 18.3 Å². The summed E-state index contributed by atoms with van der Waals surface area (Å²) < 4.78 is 12.2. The first-order chi connectivity index (χ1) is 19.0. The van der Waals surface area contributed by atoms with Crippen molar-refractivity contribution in [1.82, 2.24) is 4.90 Å². The highest BCUT2D eigenvalue weighted by Crippen LogP contribution is 2.40. The molecule has 1 saturated carbocycles. The predicted octanol–water partition coefficient (Wildman–Crippen LogP) is 5.71. The van der Waals surface area contributed by atoms with Crippen molar-refractivity contribution in [2.45, 2.75) is 65.0 Å². The Labute approximate surface area is 241 Å². The molecular formula is C31H39ClN2O6. The van der Waals surface area contributed by atoms with Crippen LogP contribution >= 0.6 is 11.6 Å². The molecule has 2 aromatic rings. The van der Waals surface area contributed by atoms with Crippen LogP contribution in [-0.4, -0.2) is 60.6 Å². The number of ether oxygens (including phenoxy) is 2. The number of halogens is 1.